The number of thiazole rings is 1. The van der Waals surface area contributed by atoms with Crippen molar-refractivity contribution in [3.05, 3.63) is 51.0 Å². The molecule has 1 aliphatic rings. The Morgan fingerprint density at radius 3 is 2.55 bits per heavy atom. The minimum atomic E-state index is 0.680. The lowest BCUT2D eigenvalue weighted by Crippen LogP contribution is -2.38. The molecule has 1 aliphatic heterocycles. The zero-order valence-electron chi connectivity index (χ0n) is 19.6. The quantitative estimate of drug-likeness (QED) is 0.486. The molecule has 0 spiro atoms. The van der Waals surface area contributed by atoms with Gasteiger partial charge in [-0.1, -0.05) is 24.3 Å². The molecule has 7 heteroatoms. The van der Waals surface area contributed by atoms with Gasteiger partial charge in [0.05, 0.1) is 17.2 Å². The fraction of sp³-hybridized carbons (Fsp3) is 0.583. The van der Waals surface area contributed by atoms with Crippen LogP contribution in [0.1, 0.15) is 40.1 Å². The smallest absolute Gasteiger partial charge is 0.191 e. The van der Waals surface area contributed by atoms with Gasteiger partial charge in [0, 0.05) is 44.0 Å². The van der Waals surface area contributed by atoms with Gasteiger partial charge in [-0.2, -0.15) is 0 Å². The summed E-state index contributed by atoms with van der Waals surface area (Å²) in [6.45, 7) is 14.4. The van der Waals surface area contributed by atoms with Gasteiger partial charge >= 0.3 is 0 Å². The number of hydrogen-bond donors (Lipinski definition) is 2. The van der Waals surface area contributed by atoms with Gasteiger partial charge in [0.1, 0.15) is 0 Å². The van der Waals surface area contributed by atoms with E-state index in [1.807, 2.05) is 0 Å². The number of aromatic nitrogens is 1. The molecule has 0 radical (unpaired) electrons. The lowest BCUT2D eigenvalue weighted by atomic mass is 10.1. The number of rotatable bonds is 8. The third-order valence-electron chi connectivity index (χ3n) is 5.71. The normalized spacial score (nSPS) is 16.3. The summed E-state index contributed by atoms with van der Waals surface area (Å²) in [6.07, 6.45) is 2.18. The van der Waals surface area contributed by atoms with Gasteiger partial charge in [-0.25, -0.2) is 9.98 Å². The van der Waals surface area contributed by atoms with E-state index in [1.165, 1.54) is 40.5 Å². The molecule has 0 amide bonds. The number of aliphatic imine (C=N–C) groups is 1. The van der Waals surface area contributed by atoms with E-state index in [9.17, 15) is 0 Å². The Morgan fingerprint density at radius 2 is 1.84 bits per heavy atom. The number of nitrogens with one attached hydrogen (secondary N) is 2. The predicted molar refractivity (Wildman–Crippen MR) is 132 cm³/mol. The largest absolute Gasteiger partial charge is 0.357 e. The van der Waals surface area contributed by atoms with Gasteiger partial charge in [0.25, 0.3) is 0 Å². The van der Waals surface area contributed by atoms with Crippen molar-refractivity contribution in [3.8, 4) is 0 Å². The van der Waals surface area contributed by atoms with Gasteiger partial charge in [0.15, 0.2) is 5.96 Å². The van der Waals surface area contributed by atoms with Gasteiger partial charge in [-0.05, 0) is 58.5 Å². The zero-order valence-corrected chi connectivity index (χ0v) is 20.4. The van der Waals surface area contributed by atoms with Crippen LogP contribution >= 0.6 is 11.3 Å². The second kappa shape index (κ2) is 12.2. The Balaban J connectivity index is 1.48. The Labute approximate surface area is 191 Å². The summed E-state index contributed by atoms with van der Waals surface area (Å²) in [4.78, 5) is 15.7. The number of likely N-dealkylation sites (N-methyl/N-ethyl adjacent to an activating group) is 1. The molecule has 0 aliphatic carbocycles. The second-order valence-corrected chi connectivity index (χ2v) is 9.66. The summed E-state index contributed by atoms with van der Waals surface area (Å²) in [7, 11) is 2.22. The van der Waals surface area contributed by atoms with Crippen LogP contribution in [-0.2, 0) is 19.5 Å². The molecule has 1 aromatic heterocycles. The highest BCUT2D eigenvalue weighted by Crippen LogP contribution is 2.16. The molecule has 6 nitrogen and oxygen atoms in total. The van der Waals surface area contributed by atoms with Crippen LogP contribution in [0, 0.1) is 13.8 Å². The average Bonchev–Trinajstić information content (AvgIpc) is 2.94. The van der Waals surface area contributed by atoms with E-state index < -0.39 is 0 Å². The van der Waals surface area contributed by atoms with Crippen molar-refractivity contribution in [2.24, 2.45) is 4.99 Å². The first-order chi connectivity index (χ1) is 15.0. The van der Waals surface area contributed by atoms with Crippen LogP contribution in [-0.4, -0.2) is 67.1 Å². The monoisotopic (exact) mass is 442 g/mol. The number of aryl methyl sites for hydroxylation is 2. The Bertz CT molecular complexity index is 810. The minimum Gasteiger partial charge on any atom is -0.357 e. The van der Waals surface area contributed by atoms with Gasteiger partial charge in [0.2, 0.25) is 0 Å². The van der Waals surface area contributed by atoms with E-state index in [0.717, 1.165) is 50.8 Å². The predicted octanol–water partition coefficient (Wildman–Crippen LogP) is 3.20. The first-order valence-corrected chi connectivity index (χ1v) is 12.3. The van der Waals surface area contributed by atoms with Gasteiger partial charge in [-0.15, -0.1) is 11.3 Å². The lowest BCUT2D eigenvalue weighted by molar-refractivity contribution is 0.269. The van der Waals surface area contributed by atoms with Crippen molar-refractivity contribution in [2.75, 3.05) is 46.3 Å². The van der Waals surface area contributed by atoms with Gasteiger partial charge < -0.3 is 15.5 Å². The fourth-order valence-electron chi connectivity index (χ4n) is 3.71. The van der Waals surface area contributed by atoms with Crippen LogP contribution < -0.4 is 10.6 Å². The first-order valence-electron chi connectivity index (χ1n) is 11.5. The molecule has 1 aromatic carbocycles. The van der Waals surface area contributed by atoms with E-state index in [-0.39, 0.29) is 0 Å². The Morgan fingerprint density at radius 1 is 1.06 bits per heavy atom. The number of benzene rings is 1. The summed E-state index contributed by atoms with van der Waals surface area (Å²) in [5.74, 6) is 0.866. The number of hydrogen-bond acceptors (Lipinski definition) is 5. The van der Waals surface area contributed by atoms with E-state index in [2.05, 4.69) is 77.5 Å². The molecule has 0 bridgehead atoms. The van der Waals surface area contributed by atoms with Crippen LogP contribution in [0.15, 0.2) is 29.3 Å². The summed E-state index contributed by atoms with van der Waals surface area (Å²) >= 11 is 1.79. The minimum absolute atomic E-state index is 0.680. The van der Waals surface area contributed by atoms with Crippen molar-refractivity contribution in [1.29, 1.82) is 0 Å². The third-order valence-corrected chi connectivity index (χ3v) is 6.84. The molecule has 0 unspecified atom stereocenters. The molecular formula is C24H38N6S. The Hall–Kier alpha value is -1.96. The van der Waals surface area contributed by atoms with Gasteiger partial charge in [-0.3, -0.25) is 4.90 Å². The molecule has 2 N–H and O–H groups in total. The fourth-order valence-corrected chi connectivity index (χ4v) is 4.65. The molecule has 2 aromatic rings. The summed E-state index contributed by atoms with van der Waals surface area (Å²) < 4.78 is 0. The molecule has 1 saturated heterocycles. The maximum atomic E-state index is 4.77. The average molecular weight is 443 g/mol. The first kappa shape index (κ1) is 23.7. The van der Waals surface area contributed by atoms with Crippen molar-refractivity contribution in [2.45, 2.75) is 46.7 Å². The maximum absolute atomic E-state index is 4.77. The van der Waals surface area contributed by atoms with E-state index in [4.69, 9.17) is 4.99 Å². The standard InChI is InChI=1S/C24H38N6S/c1-5-25-24(26-12-11-23-28-19(2)20(3)31-23)27-17-21-7-9-22(10-8-21)18-30-14-6-13-29(4)15-16-30/h7-10H,5-6,11-18H2,1-4H3,(H2,25,26,27). The number of nitrogens with zero attached hydrogens (tertiary/aromatic N) is 4. The van der Waals surface area contributed by atoms with E-state index in [1.54, 1.807) is 11.3 Å². The molecule has 0 saturated carbocycles. The van der Waals surface area contributed by atoms with Crippen molar-refractivity contribution in [1.82, 2.24) is 25.4 Å². The van der Waals surface area contributed by atoms with Crippen LogP contribution in [0.4, 0.5) is 0 Å². The molecule has 1 fully saturated rings. The highest BCUT2D eigenvalue weighted by molar-refractivity contribution is 7.11. The maximum Gasteiger partial charge on any atom is 0.191 e. The highest BCUT2D eigenvalue weighted by atomic mass is 32.1. The summed E-state index contributed by atoms with van der Waals surface area (Å²) in [5.41, 5.74) is 3.77. The highest BCUT2D eigenvalue weighted by Gasteiger charge is 2.12. The second-order valence-electron chi connectivity index (χ2n) is 8.37. The number of guanidine groups is 1. The molecule has 3 rings (SSSR count). The Kier molecular flexibility index (Phi) is 9.31. The van der Waals surface area contributed by atoms with E-state index >= 15 is 0 Å². The summed E-state index contributed by atoms with van der Waals surface area (Å²) in [6, 6.07) is 8.95. The van der Waals surface area contributed by atoms with Crippen molar-refractivity contribution < 1.29 is 0 Å². The molecular weight excluding hydrogens is 404 g/mol. The molecule has 31 heavy (non-hydrogen) atoms. The van der Waals surface area contributed by atoms with Crippen molar-refractivity contribution in [3.63, 3.8) is 0 Å². The van der Waals surface area contributed by atoms with E-state index in [0.29, 0.717) is 6.54 Å². The van der Waals surface area contributed by atoms with Crippen molar-refractivity contribution >= 4 is 17.3 Å². The van der Waals surface area contributed by atoms with Crippen LogP contribution in [0.5, 0.6) is 0 Å². The molecule has 2 heterocycles. The van der Waals surface area contributed by atoms with Crippen LogP contribution in [0.25, 0.3) is 0 Å². The SMILES string of the molecule is CCNC(=NCc1ccc(CN2CCCN(C)CC2)cc1)NCCc1nc(C)c(C)s1. The summed E-state index contributed by atoms with van der Waals surface area (Å²) in [5, 5.41) is 7.97. The zero-order chi connectivity index (χ0) is 22.1. The molecule has 170 valence electrons. The topological polar surface area (TPSA) is 55.8 Å². The molecule has 0 atom stereocenters. The van der Waals surface area contributed by atoms with Crippen LogP contribution in [0.3, 0.4) is 0 Å². The van der Waals surface area contributed by atoms with Crippen LogP contribution in [0.2, 0.25) is 0 Å². The third kappa shape index (κ3) is 7.91. The lowest BCUT2D eigenvalue weighted by Gasteiger charge is -2.20.